The maximum Gasteiger partial charge on any atom is 0.573 e. The van der Waals surface area contributed by atoms with Crippen molar-refractivity contribution in [3.8, 4) is 11.4 Å². The van der Waals surface area contributed by atoms with Crippen LogP contribution in [-0.4, -0.2) is 33.1 Å². The molecule has 0 saturated carbocycles. The Balaban J connectivity index is 1.27. The molecular formula is C27H21F3N6O2S. The number of hydrogen-bond donors (Lipinski definition) is 2. The second-order valence-electron chi connectivity index (χ2n) is 8.58. The largest absolute Gasteiger partial charge is 0.573 e. The van der Waals surface area contributed by atoms with Gasteiger partial charge in [-0.15, -0.1) is 13.2 Å². The highest BCUT2D eigenvalue weighted by molar-refractivity contribution is 7.96. The molecule has 2 amide bonds. The number of nitrogens with one attached hydrogen (secondary N) is 2. The number of imidazole rings is 1. The zero-order chi connectivity index (χ0) is 27.6. The number of aryl methyl sites for hydroxylation is 2. The molecule has 2 N–H and O–H groups in total. The molecule has 198 valence electrons. The Bertz CT molecular complexity index is 1680. The van der Waals surface area contributed by atoms with Gasteiger partial charge in [-0.3, -0.25) is 14.3 Å². The van der Waals surface area contributed by atoms with E-state index >= 15 is 0 Å². The smallest absolute Gasteiger partial charge is 0.406 e. The van der Waals surface area contributed by atoms with Gasteiger partial charge >= 0.3 is 12.4 Å². The van der Waals surface area contributed by atoms with E-state index in [4.69, 9.17) is 0 Å². The number of amides is 2. The van der Waals surface area contributed by atoms with Gasteiger partial charge in [-0.25, -0.2) is 14.2 Å². The van der Waals surface area contributed by atoms with Crippen molar-refractivity contribution < 1.29 is 22.7 Å². The predicted molar refractivity (Wildman–Crippen MR) is 146 cm³/mol. The summed E-state index contributed by atoms with van der Waals surface area (Å²) >= 11 is 0.893. The number of pyridine rings is 1. The van der Waals surface area contributed by atoms with Crippen molar-refractivity contribution in [1.82, 2.24) is 19.3 Å². The molecule has 0 unspecified atom stereocenters. The number of carbonyl (C=O) groups is 1. The molecule has 0 bridgehead atoms. The van der Waals surface area contributed by atoms with Gasteiger partial charge in [-0.2, -0.15) is 0 Å². The van der Waals surface area contributed by atoms with Crippen molar-refractivity contribution in [2.24, 2.45) is 4.40 Å². The van der Waals surface area contributed by atoms with Gasteiger partial charge in [0.2, 0.25) is 0 Å². The third-order valence-electron chi connectivity index (χ3n) is 5.85. The van der Waals surface area contributed by atoms with E-state index in [2.05, 4.69) is 29.1 Å². The molecule has 8 nitrogen and oxygen atoms in total. The molecule has 0 spiro atoms. The first-order chi connectivity index (χ1) is 18.7. The van der Waals surface area contributed by atoms with E-state index in [0.29, 0.717) is 16.7 Å². The number of benzene rings is 3. The molecule has 2 aromatic heterocycles. The van der Waals surface area contributed by atoms with E-state index in [1.165, 1.54) is 24.3 Å². The average molecular weight is 551 g/mol. The number of anilines is 1. The Hall–Kier alpha value is -4.58. The van der Waals surface area contributed by atoms with Crippen LogP contribution in [0.2, 0.25) is 0 Å². The van der Waals surface area contributed by atoms with E-state index in [1.54, 1.807) is 23.3 Å². The zero-order valence-electron chi connectivity index (χ0n) is 20.7. The first-order valence-electron chi connectivity index (χ1n) is 11.6. The molecule has 2 heterocycles. The number of urea groups is 1. The van der Waals surface area contributed by atoms with Crippen LogP contribution in [0.4, 0.5) is 23.7 Å². The van der Waals surface area contributed by atoms with Crippen molar-refractivity contribution in [2.45, 2.75) is 20.2 Å². The van der Waals surface area contributed by atoms with Crippen LogP contribution < -0.4 is 14.8 Å². The molecule has 5 aromatic rings. The van der Waals surface area contributed by atoms with Crippen LogP contribution in [0.15, 0.2) is 77.6 Å². The van der Waals surface area contributed by atoms with Crippen LogP contribution in [-0.2, 0) is 0 Å². The van der Waals surface area contributed by atoms with E-state index in [9.17, 15) is 18.0 Å². The summed E-state index contributed by atoms with van der Waals surface area (Å²) < 4.78 is 49.8. The Kier molecular flexibility index (Phi) is 7.11. The summed E-state index contributed by atoms with van der Waals surface area (Å²) in [6, 6.07) is 16.6. The summed E-state index contributed by atoms with van der Waals surface area (Å²) in [7, 11) is 0. The number of hydrogen-bond acceptors (Lipinski definition) is 6. The SMILES string of the molecule is Cc1cccc(C)c1NC(=O)NSN=Cc1cnc2c(ccc3c2ncn3-c2ccc(OC(F)(F)F)cc2)c1. The van der Waals surface area contributed by atoms with Gasteiger partial charge < -0.3 is 10.1 Å². The second-order valence-corrected chi connectivity index (χ2v) is 9.18. The molecule has 0 aliphatic heterocycles. The lowest BCUT2D eigenvalue weighted by molar-refractivity contribution is -0.274. The van der Waals surface area contributed by atoms with Gasteiger partial charge in [-0.05, 0) is 61.4 Å². The first-order valence-corrected chi connectivity index (χ1v) is 12.4. The predicted octanol–water partition coefficient (Wildman–Crippen LogP) is 6.89. The van der Waals surface area contributed by atoms with Gasteiger partial charge in [-0.1, -0.05) is 24.3 Å². The number of ether oxygens (including phenoxy) is 1. The minimum atomic E-state index is -4.75. The lowest BCUT2D eigenvalue weighted by Gasteiger charge is -2.10. The number of carbonyl (C=O) groups excluding carboxylic acids is 1. The second kappa shape index (κ2) is 10.7. The zero-order valence-corrected chi connectivity index (χ0v) is 21.5. The van der Waals surface area contributed by atoms with Gasteiger partial charge in [0.1, 0.15) is 17.6 Å². The minimum Gasteiger partial charge on any atom is -0.406 e. The molecular weight excluding hydrogens is 529 g/mol. The van der Waals surface area contributed by atoms with Crippen molar-refractivity contribution in [3.63, 3.8) is 0 Å². The number of nitrogens with zero attached hydrogens (tertiary/aromatic N) is 4. The van der Waals surface area contributed by atoms with Crippen molar-refractivity contribution in [2.75, 3.05) is 5.32 Å². The van der Waals surface area contributed by atoms with Crippen LogP contribution in [0.3, 0.4) is 0 Å². The lowest BCUT2D eigenvalue weighted by Crippen LogP contribution is -2.23. The lowest BCUT2D eigenvalue weighted by atomic mass is 10.1. The molecule has 0 atom stereocenters. The third kappa shape index (κ3) is 5.96. The molecule has 0 fully saturated rings. The number of rotatable bonds is 6. The number of aromatic nitrogens is 3. The fourth-order valence-corrected chi connectivity index (χ4v) is 4.44. The molecule has 0 aliphatic carbocycles. The van der Waals surface area contributed by atoms with E-state index in [0.717, 1.165) is 45.4 Å². The standard InChI is InChI=1S/C27H21F3N6O2S/c1-16-4-3-5-17(2)23(16)34-26(37)35-39-33-14-18-12-19-6-11-22-25(24(19)31-13-18)32-15-36(22)20-7-9-21(10-8-20)38-27(28,29)30/h3-15H,1-2H3,(H2,34,35,37). The molecule has 0 radical (unpaired) electrons. The third-order valence-corrected chi connectivity index (χ3v) is 6.34. The number of fused-ring (bicyclic) bond motifs is 3. The summed E-state index contributed by atoms with van der Waals surface area (Å²) in [5, 5.41) is 3.66. The summed E-state index contributed by atoms with van der Waals surface area (Å²) in [4.78, 5) is 21.2. The molecule has 12 heteroatoms. The van der Waals surface area contributed by atoms with Gasteiger partial charge in [0.15, 0.2) is 0 Å². The maximum atomic E-state index is 12.4. The fourth-order valence-electron chi connectivity index (χ4n) is 4.08. The average Bonchev–Trinajstić information content (AvgIpc) is 3.33. The van der Waals surface area contributed by atoms with Crippen LogP contribution in [0.5, 0.6) is 5.75 Å². The Morgan fingerprint density at radius 1 is 1.03 bits per heavy atom. The van der Waals surface area contributed by atoms with E-state index in [1.807, 2.05) is 50.2 Å². The summed E-state index contributed by atoms with van der Waals surface area (Å²) in [5.41, 5.74) is 6.11. The normalized spacial score (nSPS) is 11.8. The number of halogens is 3. The van der Waals surface area contributed by atoms with E-state index < -0.39 is 6.36 Å². The topological polar surface area (TPSA) is 93.4 Å². The number of para-hydroxylation sites is 1. The quantitative estimate of drug-likeness (QED) is 0.177. The molecule has 3 aromatic carbocycles. The highest BCUT2D eigenvalue weighted by atomic mass is 32.2. The maximum absolute atomic E-state index is 12.4. The molecule has 5 rings (SSSR count). The van der Waals surface area contributed by atoms with Gasteiger partial charge in [0.05, 0.1) is 23.2 Å². The minimum absolute atomic E-state index is 0.299. The molecule has 39 heavy (non-hydrogen) atoms. The van der Waals surface area contributed by atoms with Crippen LogP contribution in [0.1, 0.15) is 16.7 Å². The molecule has 0 aliphatic rings. The molecule has 0 saturated heterocycles. The Morgan fingerprint density at radius 2 is 1.77 bits per heavy atom. The van der Waals surface area contributed by atoms with E-state index in [-0.39, 0.29) is 11.8 Å². The Labute approximate surface area is 225 Å². The Morgan fingerprint density at radius 3 is 2.49 bits per heavy atom. The van der Waals surface area contributed by atoms with Gasteiger partial charge in [0, 0.05) is 34.7 Å². The van der Waals surface area contributed by atoms with Crippen LogP contribution in [0, 0.1) is 13.8 Å². The highest BCUT2D eigenvalue weighted by Gasteiger charge is 2.31. The van der Waals surface area contributed by atoms with Crippen molar-refractivity contribution in [1.29, 1.82) is 0 Å². The summed E-state index contributed by atoms with van der Waals surface area (Å²) in [6.45, 7) is 3.85. The summed E-state index contributed by atoms with van der Waals surface area (Å²) in [5.74, 6) is -0.299. The number of alkyl halides is 3. The fraction of sp³-hybridized carbons (Fsp3) is 0.111. The van der Waals surface area contributed by atoms with Crippen molar-refractivity contribution >= 4 is 52.0 Å². The summed E-state index contributed by atoms with van der Waals surface area (Å²) in [6.07, 6.45) is 0.0726. The first kappa shape index (κ1) is 26.0. The van der Waals surface area contributed by atoms with Crippen LogP contribution >= 0.6 is 12.1 Å². The van der Waals surface area contributed by atoms with Crippen LogP contribution in [0.25, 0.3) is 27.6 Å². The van der Waals surface area contributed by atoms with Crippen molar-refractivity contribution in [3.05, 3.63) is 89.9 Å². The highest BCUT2D eigenvalue weighted by Crippen LogP contribution is 2.28. The monoisotopic (exact) mass is 550 g/mol. The van der Waals surface area contributed by atoms with Gasteiger partial charge in [0.25, 0.3) is 0 Å².